The van der Waals surface area contributed by atoms with Crippen LogP contribution in [-0.4, -0.2) is 28.8 Å². The van der Waals surface area contributed by atoms with Crippen LogP contribution in [0.2, 0.25) is 0 Å². The van der Waals surface area contributed by atoms with Gasteiger partial charge in [-0.1, -0.05) is 18.2 Å². The molecule has 30 heavy (non-hydrogen) atoms. The van der Waals surface area contributed by atoms with Gasteiger partial charge in [0, 0.05) is 24.5 Å². The third-order valence-corrected chi connectivity index (χ3v) is 4.87. The fourth-order valence-electron chi connectivity index (χ4n) is 3.37. The SMILES string of the molecule is Cl.O=C(Nc1cccc(OCc2cccc(F)c2)c1)c1ccn(C2CCCNC2)n1. The van der Waals surface area contributed by atoms with Crippen molar-refractivity contribution in [2.24, 2.45) is 0 Å². The number of hydrogen-bond acceptors (Lipinski definition) is 4. The minimum atomic E-state index is -0.296. The summed E-state index contributed by atoms with van der Waals surface area (Å²) in [5.74, 6) is 0.0243. The van der Waals surface area contributed by atoms with Gasteiger partial charge in [-0.2, -0.15) is 5.10 Å². The Hall–Kier alpha value is -2.90. The lowest BCUT2D eigenvalue weighted by Crippen LogP contribution is -2.32. The van der Waals surface area contributed by atoms with Crippen LogP contribution in [0.5, 0.6) is 5.75 Å². The Morgan fingerprint density at radius 3 is 2.90 bits per heavy atom. The lowest BCUT2D eigenvalue weighted by atomic mass is 10.1. The average Bonchev–Trinajstić information content (AvgIpc) is 3.24. The molecule has 1 saturated heterocycles. The summed E-state index contributed by atoms with van der Waals surface area (Å²) < 4.78 is 20.8. The van der Waals surface area contributed by atoms with E-state index in [4.69, 9.17) is 4.74 Å². The van der Waals surface area contributed by atoms with Crippen molar-refractivity contribution in [2.75, 3.05) is 18.4 Å². The fourth-order valence-corrected chi connectivity index (χ4v) is 3.37. The fraction of sp³-hybridized carbons (Fsp3) is 0.273. The highest BCUT2D eigenvalue weighted by Gasteiger charge is 2.17. The summed E-state index contributed by atoms with van der Waals surface area (Å²) in [5, 5.41) is 10.6. The van der Waals surface area contributed by atoms with Crippen LogP contribution in [0.3, 0.4) is 0 Å². The van der Waals surface area contributed by atoms with E-state index in [1.165, 1.54) is 12.1 Å². The van der Waals surface area contributed by atoms with Crippen molar-refractivity contribution < 1.29 is 13.9 Å². The second kappa shape index (κ2) is 10.2. The normalized spacial score (nSPS) is 15.8. The molecule has 6 nitrogen and oxygen atoms in total. The topological polar surface area (TPSA) is 68.2 Å². The van der Waals surface area contributed by atoms with E-state index in [9.17, 15) is 9.18 Å². The number of hydrogen-bond donors (Lipinski definition) is 2. The molecule has 1 fully saturated rings. The first-order valence-corrected chi connectivity index (χ1v) is 9.72. The first kappa shape index (κ1) is 21.8. The first-order chi connectivity index (χ1) is 14.2. The number of amides is 1. The number of aromatic nitrogens is 2. The molecule has 0 aliphatic carbocycles. The van der Waals surface area contributed by atoms with E-state index in [1.54, 1.807) is 42.5 Å². The van der Waals surface area contributed by atoms with Crippen LogP contribution in [0, 0.1) is 5.82 Å². The van der Waals surface area contributed by atoms with E-state index in [2.05, 4.69) is 15.7 Å². The zero-order valence-electron chi connectivity index (χ0n) is 16.4. The Kier molecular flexibility index (Phi) is 7.43. The van der Waals surface area contributed by atoms with Gasteiger partial charge in [0.1, 0.15) is 18.2 Å². The number of benzene rings is 2. The van der Waals surface area contributed by atoms with Crippen LogP contribution in [-0.2, 0) is 6.61 Å². The third-order valence-electron chi connectivity index (χ3n) is 4.87. The van der Waals surface area contributed by atoms with Crippen molar-refractivity contribution in [1.29, 1.82) is 0 Å². The number of carbonyl (C=O) groups excluding carboxylic acids is 1. The number of halogens is 2. The molecule has 1 amide bonds. The minimum absolute atomic E-state index is 0. The van der Waals surface area contributed by atoms with Crippen molar-refractivity contribution in [3.63, 3.8) is 0 Å². The lowest BCUT2D eigenvalue weighted by molar-refractivity contribution is 0.102. The predicted octanol–water partition coefficient (Wildman–Crippen LogP) is 4.20. The smallest absolute Gasteiger partial charge is 0.276 e. The Labute approximate surface area is 180 Å². The van der Waals surface area contributed by atoms with Crippen LogP contribution < -0.4 is 15.4 Å². The Morgan fingerprint density at radius 1 is 1.23 bits per heavy atom. The number of ether oxygens (including phenoxy) is 1. The molecule has 1 atom stereocenters. The molecule has 0 radical (unpaired) electrons. The summed E-state index contributed by atoms with van der Waals surface area (Å²) in [4.78, 5) is 12.6. The molecule has 0 saturated carbocycles. The molecule has 0 bridgehead atoms. The summed E-state index contributed by atoms with van der Waals surface area (Å²) in [6, 6.07) is 15.4. The Bertz CT molecular complexity index is 989. The number of anilines is 1. The molecular weight excluding hydrogens is 407 g/mol. The minimum Gasteiger partial charge on any atom is -0.489 e. The van der Waals surface area contributed by atoms with Crippen LogP contribution >= 0.6 is 12.4 Å². The zero-order valence-corrected chi connectivity index (χ0v) is 17.2. The van der Waals surface area contributed by atoms with Gasteiger partial charge in [-0.15, -0.1) is 12.4 Å². The third kappa shape index (κ3) is 5.58. The van der Waals surface area contributed by atoms with Crippen molar-refractivity contribution in [3.05, 3.63) is 77.9 Å². The molecule has 2 N–H and O–H groups in total. The number of rotatable bonds is 6. The molecule has 1 aliphatic heterocycles. The van der Waals surface area contributed by atoms with E-state index in [-0.39, 0.29) is 36.8 Å². The maximum Gasteiger partial charge on any atom is 0.276 e. The standard InChI is InChI=1S/C22H23FN4O2.ClH/c23-17-5-1-4-16(12-17)15-29-20-8-2-6-18(13-20)25-22(28)21-9-11-27(26-21)19-7-3-10-24-14-19;/h1-2,4-6,8-9,11-13,19,24H,3,7,10,14-15H2,(H,25,28);1H. The number of piperidine rings is 1. The molecule has 4 rings (SSSR count). The highest BCUT2D eigenvalue weighted by atomic mass is 35.5. The van der Waals surface area contributed by atoms with Gasteiger partial charge >= 0.3 is 0 Å². The number of carbonyl (C=O) groups is 1. The molecule has 1 unspecified atom stereocenters. The van der Waals surface area contributed by atoms with Crippen molar-refractivity contribution in [1.82, 2.24) is 15.1 Å². The van der Waals surface area contributed by atoms with Crippen LogP contribution in [0.15, 0.2) is 60.8 Å². The number of nitrogens with one attached hydrogen (secondary N) is 2. The summed E-state index contributed by atoms with van der Waals surface area (Å²) >= 11 is 0. The Balaban J connectivity index is 0.00000256. The van der Waals surface area contributed by atoms with Crippen LogP contribution in [0.4, 0.5) is 10.1 Å². The molecule has 1 aliphatic rings. The van der Waals surface area contributed by atoms with Crippen molar-refractivity contribution >= 4 is 24.0 Å². The predicted molar refractivity (Wildman–Crippen MR) is 116 cm³/mol. The Morgan fingerprint density at radius 2 is 2.10 bits per heavy atom. The van der Waals surface area contributed by atoms with Gasteiger partial charge in [0.05, 0.1) is 6.04 Å². The highest BCUT2D eigenvalue weighted by molar-refractivity contribution is 6.02. The van der Waals surface area contributed by atoms with Gasteiger partial charge in [0.25, 0.3) is 5.91 Å². The van der Waals surface area contributed by atoms with Gasteiger partial charge in [-0.3, -0.25) is 9.48 Å². The summed E-state index contributed by atoms with van der Waals surface area (Å²) in [6.07, 6.45) is 4.01. The molecule has 3 aromatic rings. The average molecular weight is 431 g/mol. The molecule has 2 aromatic carbocycles. The van der Waals surface area contributed by atoms with E-state index in [1.807, 2.05) is 10.9 Å². The maximum absolute atomic E-state index is 13.3. The van der Waals surface area contributed by atoms with E-state index in [0.717, 1.165) is 31.5 Å². The monoisotopic (exact) mass is 430 g/mol. The highest BCUT2D eigenvalue weighted by Crippen LogP contribution is 2.20. The molecule has 1 aromatic heterocycles. The quantitative estimate of drug-likeness (QED) is 0.615. The molecule has 2 heterocycles. The second-order valence-corrected chi connectivity index (χ2v) is 7.08. The van der Waals surface area contributed by atoms with Crippen LogP contribution in [0.1, 0.15) is 34.9 Å². The lowest BCUT2D eigenvalue weighted by Gasteiger charge is -2.22. The largest absolute Gasteiger partial charge is 0.489 e. The molecular formula is C22H24ClFN4O2. The maximum atomic E-state index is 13.3. The summed E-state index contributed by atoms with van der Waals surface area (Å²) in [6.45, 7) is 2.14. The summed E-state index contributed by atoms with van der Waals surface area (Å²) in [7, 11) is 0. The molecule has 8 heteroatoms. The van der Waals surface area contributed by atoms with Gasteiger partial charge in [-0.25, -0.2) is 4.39 Å². The summed E-state index contributed by atoms with van der Waals surface area (Å²) in [5.41, 5.74) is 1.73. The van der Waals surface area contributed by atoms with Crippen molar-refractivity contribution in [2.45, 2.75) is 25.5 Å². The number of nitrogens with zero attached hydrogens (tertiary/aromatic N) is 2. The van der Waals surface area contributed by atoms with E-state index >= 15 is 0 Å². The van der Waals surface area contributed by atoms with Crippen LogP contribution in [0.25, 0.3) is 0 Å². The van der Waals surface area contributed by atoms with E-state index in [0.29, 0.717) is 17.1 Å². The first-order valence-electron chi connectivity index (χ1n) is 9.72. The molecule has 0 spiro atoms. The van der Waals surface area contributed by atoms with Crippen molar-refractivity contribution in [3.8, 4) is 5.75 Å². The van der Waals surface area contributed by atoms with Gasteiger partial charge in [0.2, 0.25) is 0 Å². The zero-order chi connectivity index (χ0) is 20.1. The van der Waals surface area contributed by atoms with Gasteiger partial charge in [0.15, 0.2) is 5.69 Å². The van der Waals surface area contributed by atoms with E-state index < -0.39 is 0 Å². The molecule has 158 valence electrons. The van der Waals surface area contributed by atoms with Gasteiger partial charge in [-0.05, 0) is 55.3 Å². The second-order valence-electron chi connectivity index (χ2n) is 7.08. The van der Waals surface area contributed by atoms with Gasteiger partial charge < -0.3 is 15.4 Å².